The molecule has 0 atom stereocenters. The fourth-order valence-corrected chi connectivity index (χ4v) is 3.92. The second-order valence-electron chi connectivity index (χ2n) is 7.62. The van der Waals surface area contributed by atoms with Crippen LogP contribution in [0.25, 0.3) is 5.69 Å². The highest BCUT2D eigenvalue weighted by molar-refractivity contribution is 6.04. The molecule has 29 heavy (non-hydrogen) atoms. The van der Waals surface area contributed by atoms with E-state index in [-0.39, 0.29) is 5.91 Å². The molecule has 0 saturated carbocycles. The summed E-state index contributed by atoms with van der Waals surface area (Å²) in [7, 11) is 0. The van der Waals surface area contributed by atoms with Gasteiger partial charge < -0.3 is 10.6 Å². The van der Waals surface area contributed by atoms with Crippen LogP contribution in [0, 0.1) is 6.92 Å². The van der Waals surface area contributed by atoms with Crippen LogP contribution in [-0.2, 0) is 19.4 Å². The molecule has 1 amide bonds. The fourth-order valence-electron chi connectivity index (χ4n) is 3.92. The lowest BCUT2D eigenvalue weighted by atomic mass is 9.95. The van der Waals surface area contributed by atoms with Crippen LogP contribution >= 0.6 is 0 Å². The first-order chi connectivity index (χ1) is 14.2. The molecule has 150 valence electrons. The molecular formula is C24H28N4O. The molecule has 4 rings (SSSR count). The van der Waals surface area contributed by atoms with E-state index in [0.29, 0.717) is 5.69 Å². The molecule has 5 heteroatoms. The van der Waals surface area contributed by atoms with Gasteiger partial charge in [0.15, 0.2) is 5.69 Å². The van der Waals surface area contributed by atoms with E-state index >= 15 is 0 Å². The van der Waals surface area contributed by atoms with Gasteiger partial charge in [-0.1, -0.05) is 42.8 Å². The van der Waals surface area contributed by atoms with Gasteiger partial charge in [-0.05, 0) is 62.9 Å². The quantitative estimate of drug-likeness (QED) is 0.657. The molecule has 0 unspecified atom stereocenters. The van der Waals surface area contributed by atoms with Crippen LogP contribution in [0.15, 0.2) is 48.5 Å². The largest absolute Gasteiger partial charge is 0.320 e. The van der Waals surface area contributed by atoms with Crippen molar-refractivity contribution in [3.63, 3.8) is 0 Å². The van der Waals surface area contributed by atoms with Gasteiger partial charge in [0.2, 0.25) is 0 Å². The van der Waals surface area contributed by atoms with Crippen LogP contribution < -0.4 is 10.6 Å². The van der Waals surface area contributed by atoms with Gasteiger partial charge in [-0.25, -0.2) is 4.68 Å². The molecule has 1 heterocycles. The molecule has 0 radical (unpaired) electrons. The molecule has 5 nitrogen and oxygen atoms in total. The highest BCUT2D eigenvalue weighted by Crippen LogP contribution is 2.28. The summed E-state index contributed by atoms with van der Waals surface area (Å²) in [5.74, 6) is -0.127. The van der Waals surface area contributed by atoms with Gasteiger partial charge in [0.1, 0.15) is 0 Å². The van der Waals surface area contributed by atoms with Crippen molar-refractivity contribution in [3.8, 4) is 5.69 Å². The average molecular weight is 389 g/mol. The maximum Gasteiger partial charge on any atom is 0.276 e. The third-order valence-electron chi connectivity index (χ3n) is 5.50. The summed E-state index contributed by atoms with van der Waals surface area (Å²) in [6, 6.07) is 16.3. The predicted molar refractivity (Wildman–Crippen MR) is 117 cm³/mol. The molecule has 0 bridgehead atoms. The number of anilines is 1. The number of rotatable bonds is 6. The highest BCUT2D eigenvalue weighted by atomic mass is 16.2. The van der Waals surface area contributed by atoms with E-state index in [4.69, 9.17) is 5.10 Å². The molecule has 0 fully saturated rings. The number of aryl methyl sites for hydroxylation is 1. The Morgan fingerprint density at radius 3 is 2.62 bits per heavy atom. The van der Waals surface area contributed by atoms with Crippen LogP contribution in [0.5, 0.6) is 0 Å². The summed E-state index contributed by atoms with van der Waals surface area (Å²) in [5.41, 5.74) is 6.97. The van der Waals surface area contributed by atoms with Gasteiger partial charge in [0.25, 0.3) is 5.91 Å². The van der Waals surface area contributed by atoms with Crippen LogP contribution in [-0.4, -0.2) is 22.2 Å². The zero-order valence-corrected chi connectivity index (χ0v) is 17.2. The number of hydrogen-bond acceptors (Lipinski definition) is 3. The van der Waals surface area contributed by atoms with Crippen molar-refractivity contribution >= 4 is 11.6 Å². The number of carbonyl (C=O) groups is 1. The van der Waals surface area contributed by atoms with E-state index in [1.165, 1.54) is 11.3 Å². The molecular weight excluding hydrogens is 360 g/mol. The van der Waals surface area contributed by atoms with E-state index in [1.807, 2.05) is 28.9 Å². The Morgan fingerprint density at radius 2 is 1.83 bits per heavy atom. The molecule has 0 spiro atoms. The third kappa shape index (κ3) is 4.10. The summed E-state index contributed by atoms with van der Waals surface area (Å²) in [5, 5.41) is 11.2. The molecule has 0 saturated heterocycles. The molecule has 2 N–H and O–H groups in total. The lowest BCUT2D eigenvalue weighted by Crippen LogP contribution is -2.18. The van der Waals surface area contributed by atoms with Crippen LogP contribution in [0.3, 0.4) is 0 Å². The topological polar surface area (TPSA) is 58.9 Å². The van der Waals surface area contributed by atoms with Crippen molar-refractivity contribution in [2.75, 3.05) is 11.9 Å². The second-order valence-corrected chi connectivity index (χ2v) is 7.62. The third-order valence-corrected chi connectivity index (χ3v) is 5.50. The van der Waals surface area contributed by atoms with Crippen LogP contribution in [0.1, 0.15) is 52.6 Å². The number of aromatic nitrogens is 2. The fraction of sp³-hybridized carbons (Fsp3) is 0.333. The number of para-hydroxylation sites is 1. The first kappa shape index (κ1) is 19.4. The van der Waals surface area contributed by atoms with E-state index in [9.17, 15) is 4.79 Å². The number of nitrogens with one attached hydrogen (secondary N) is 2. The van der Waals surface area contributed by atoms with Crippen LogP contribution in [0.2, 0.25) is 0 Å². The Balaban J connectivity index is 1.67. The lowest BCUT2D eigenvalue weighted by Gasteiger charge is -2.14. The highest BCUT2D eigenvalue weighted by Gasteiger charge is 2.26. The molecule has 0 aliphatic heterocycles. The van der Waals surface area contributed by atoms with Crippen molar-refractivity contribution in [2.45, 2.75) is 46.1 Å². The van der Waals surface area contributed by atoms with Gasteiger partial charge in [-0.3, -0.25) is 4.79 Å². The Bertz CT molecular complexity index is 1000. The number of benzene rings is 2. The summed E-state index contributed by atoms with van der Waals surface area (Å²) in [4.78, 5) is 13.2. The lowest BCUT2D eigenvalue weighted by molar-refractivity contribution is 0.102. The standard InChI is InChI=1S/C24H28N4O/c1-3-25-16-18-8-4-6-10-21(18)26-24(29)23-20-9-5-7-11-22(20)28(27-23)19-14-12-17(2)13-15-19/h4,6,8,10,12-15,25H,3,5,7,9,11,16H2,1-2H3,(H,26,29). The van der Waals surface area contributed by atoms with Crippen molar-refractivity contribution in [1.82, 2.24) is 15.1 Å². The molecule has 1 aliphatic rings. The van der Waals surface area contributed by atoms with E-state index in [0.717, 1.165) is 61.3 Å². The number of fused-ring (bicyclic) bond motifs is 1. The Labute approximate surface area is 172 Å². The molecule has 2 aromatic carbocycles. The minimum absolute atomic E-state index is 0.127. The Kier molecular flexibility index (Phi) is 5.76. The van der Waals surface area contributed by atoms with Gasteiger partial charge in [-0.15, -0.1) is 0 Å². The number of nitrogens with zero attached hydrogens (tertiary/aromatic N) is 2. The summed E-state index contributed by atoms with van der Waals surface area (Å²) in [6.07, 6.45) is 4.10. The van der Waals surface area contributed by atoms with Crippen molar-refractivity contribution in [1.29, 1.82) is 0 Å². The zero-order valence-electron chi connectivity index (χ0n) is 17.2. The van der Waals surface area contributed by atoms with E-state index < -0.39 is 0 Å². The Hall–Kier alpha value is -2.92. The van der Waals surface area contributed by atoms with Crippen molar-refractivity contribution in [3.05, 3.63) is 76.6 Å². The monoisotopic (exact) mass is 388 g/mol. The molecule has 1 aromatic heterocycles. The number of hydrogen-bond donors (Lipinski definition) is 2. The summed E-state index contributed by atoms with van der Waals surface area (Å²) < 4.78 is 1.97. The van der Waals surface area contributed by atoms with Gasteiger partial charge in [0.05, 0.1) is 5.69 Å². The molecule has 1 aliphatic carbocycles. The SMILES string of the molecule is CCNCc1ccccc1NC(=O)c1nn(-c2ccc(C)cc2)c2c1CCCC2. The zero-order chi connectivity index (χ0) is 20.2. The smallest absolute Gasteiger partial charge is 0.276 e. The van der Waals surface area contributed by atoms with Gasteiger partial charge in [-0.2, -0.15) is 5.10 Å². The maximum absolute atomic E-state index is 13.2. The first-order valence-electron chi connectivity index (χ1n) is 10.4. The normalized spacial score (nSPS) is 13.2. The minimum Gasteiger partial charge on any atom is -0.320 e. The predicted octanol–water partition coefficient (Wildman–Crippen LogP) is 4.42. The van der Waals surface area contributed by atoms with E-state index in [1.54, 1.807) is 0 Å². The van der Waals surface area contributed by atoms with Gasteiger partial charge in [0, 0.05) is 23.5 Å². The number of carbonyl (C=O) groups excluding carboxylic acids is 1. The summed E-state index contributed by atoms with van der Waals surface area (Å²) >= 11 is 0. The van der Waals surface area contributed by atoms with Gasteiger partial charge >= 0.3 is 0 Å². The van der Waals surface area contributed by atoms with Crippen molar-refractivity contribution < 1.29 is 4.79 Å². The average Bonchev–Trinajstić information content (AvgIpc) is 3.13. The Morgan fingerprint density at radius 1 is 1.07 bits per heavy atom. The van der Waals surface area contributed by atoms with Crippen molar-refractivity contribution in [2.24, 2.45) is 0 Å². The maximum atomic E-state index is 13.2. The minimum atomic E-state index is -0.127. The second kappa shape index (κ2) is 8.62. The molecule has 3 aromatic rings. The van der Waals surface area contributed by atoms with Crippen LogP contribution in [0.4, 0.5) is 5.69 Å². The summed E-state index contributed by atoms with van der Waals surface area (Å²) in [6.45, 7) is 5.76. The first-order valence-corrected chi connectivity index (χ1v) is 10.4. The number of amides is 1. The van der Waals surface area contributed by atoms with E-state index in [2.05, 4.69) is 48.7 Å².